The van der Waals surface area contributed by atoms with E-state index in [-0.39, 0.29) is 0 Å². The lowest BCUT2D eigenvalue weighted by Crippen LogP contribution is -2.27. The summed E-state index contributed by atoms with van der Waals surface area (Å²) in [4.78, 5) is 2.70. The number of hydrogen-bond donors (Lipinski definition) is 1. The van der Waals surface area contributed by atoms with Crippen LogP contribution in [0, 0.1) is 11.8 Å². The van der Waals surface area contributed by atoms with E-state index < -0.39 is 0 Å². The quantitative estimate of drug-likeness (QED) is 0.469. The molecular weight excluding hydrogens is 244 g/mol. The maximum absolute atomic E-state index is 5.55. The van der Waals surface area contributed by atoms with Crippen molar-refractivity contribution in [1.29, 1.82) is 0 Å². The molecule has 0 aromatic heterocycles. The SMILES string of the molecule is CC(C)CCCN(CCCCCCN)CCCC(C)C. The number of nitrogens with two attached hydrogens (primary N) is 1. The number of unbranched alkanes of at least 4 members (excludes halogenated alkanes) is 3. The van der Waals surface area contributed by atoms with Gasteiger partial charge in [-0.05, 0) is 76.5 Å². The summed E-state index contributed by atoms with van der Waals surface area (Å²) in [6.45, 7) is 14.1. The molecule has 0 amide bonds. The molecule has 0 spiro atoms. The van der Waals surface area contributed by atoms with Gasteiger partial charge in [-0.3, -0.25) is 0 Å². The standard InChI is InChI=1S/C18H40N2/c1-17(2)11-9-15-20(16-10-12-18(3)4)14-8-6-5-7-13-19/h17-18H,5-16,19H2,1-4H3. The van der Waals surface area contributed by atoms with Crippen molar-refractivity contribution in [2.45, 2.75) is 79.1 Å². The van der Waals surface area contributed by atoms with E-state index in [9.17, 15) is 0 Å². The van der Waals surface area contributed by atoms with Crippen LogP contribution >= 0.6 is 0 Å². The summed E-state index contributed by atoms with van der Waals surface area (Å²) in [6.07, 6.45) is 10.7. The van der Waals surface area contributed by atoms with Gasteiger partial charge in [0.2, 0.25) is 0 Å². The van der Waals surface area contributed by atoms with E-state index in [1.165, 1.54) is 71.0 Å². The predicted molar refractivity (Wildman–Crippen MR) is 92.1 cm³/mol. The summed E-state index contributed by atoms with van der Waals surface area (Å²) in [7, 11) is 0. The number of nitrogens with zero attached hydrogens (tertiary/aromatic N) is 1. The fourth-order valence-electron chi connectivity index (χ4n) is 2.61. The lowest BCUT2D eigenvalue weighted by atomic mass is 10.1. The Morgan fingerprint density at radius 1 is 0.650 bits per heavy atom. The van der Waals surface area contributed by atoms with Crippen LogP contribution in [-0.2, 0) is 0 Å². The summed E-state index contributed by atoms with van der Waals surface area (Å²) < 4.78 is 0. The van der Waals surface area contributed by atoms with Crippen LogP contribution in [0.4, 0.5) is 0 Å². The van der Waals surface area contributed by atoms with Gasteiger partial charge in [-0.15, -0.1) is 0 Å². The van der Waals surface area contributed by atoms with Crippen LogP contribution in [0.5, 0.6) is 0 Å². The Morgan fingerprint density at radius 2 is 1.10 bits per heavy atom. The van der Waals surface area contributed by atoms with Gasteiger partial charge in [-0.1, -0.05) is 40.5 Å². The van der Waals surface area contributed by atoms with E-state index in [4.69, 9.17) is 5.73 Å². The Balaban J connectivity index is 3.79. The van der Waals surface area contributed by atoms with E-state index in [0.29, 0.717) is 0 Å². The smallest absolute Gasteiger partial charge is 0.00186 e. The molecule has 0 fully saturated rings. The normalized spacial score (nSPS) is 12.0. The number of rotatable bonds is 14. The molecule has 20 heavy (non-hydrogen) atoms. The average Bonchev–Trinajstić information content (AvgIpc) is 2.37. The minimum Gasteiger partial charge on any atom is -0.330 e. The zero-order chi connectivity index (χ0) is 15.2. The highest BCUT2D eigenvalue weighted by atomic mass is 15.1. The van der Waals surface area contributed by atoms with Crippen molar-refractivity contribution in [3.8, 4) is 0 Å². The van der Waals surface area contributed by atoms with Gasteiger partial charge in [0.25, 0.3) is 0 Å². The van der Waals surface area contributed by atoms with E-state index in [0.717, 1.165) is 18.4 Å². The monoisotopic (exact) mass is 284 g/mol. The Hall–Kier alpha value is -0.0800. The average molecular weight is 285 g/mol. The molecule has 0 aliphatic heterocycles. The van der Waals surface area contributed by atoms with Crippen molar-refractivity contribution >= 4 is 0 Å². The first kappa shape index (κ1) is 19.9. The Bertz CT molecular complexity index is 176. The van der Waals surface area contributed by atoms with Gasteiger partial charge < -0.3 is 10.6 Å². The van der Waals surface area contributed by atoms with Gasteiger partial charge in [0.15, 0.2) is 0 Å². The molecule has 0 rings (SSSR count). The highest BCUT2D eigenvalue weighted by Gasteiger charge is 2.06. The summed E-state index contributed by atoms with van der Waals surface area (Å²) in [6, 6.07) is 0. The minimum atomic E-state index is 0.845. The summed E-state index contributed by atoms with van der Waals surface area (Å²) in [5.41, 5.74) is 5.55. The highest BCUT2D eigenvalue weighted by molar-refractivity contribution is 4.61. The molecule has 0 saturated carbocycles. The van der Waals surface area contributed by atoms with Gasteiger partial charge in [-0.2, -0.15) is 0 Å². The van der Waals surface area contributed by atoms with Gasteiger partial charge in [-0.25, -0.2) is 0 Å². The zero-order valence-electron chi connectivity index (χ0n) is 14.7. The molecule has 0 unspecified atom stereocenters. The molecule has 0 heterocycles. The van der Waals surface area contributed by atoms with Crippen LogP contribution in [0.2, 0.25) is 0 Å². The fourth-order valence-corrected chi connectivity index (χ4v) is 2.61. The topological polar surface area (TPSA) is 29.3 Å². The van der Waals surface area contributed by atoms with E-state index in [1.807, 2.05) is 0 Å². The molecule has 0 saturated heterocycles. The lowest BCUT2D eigenvalue weighted by Gasteiger charge is -2.23. The summed E-state index contributed by atoms with van der Waals surface area (Å²) >= 11 is 0. The maximum Gasteiger partial charge on any atom is -0.00186 e. The van der Waals surface area contributed by atoms with Crippen molar-refractivity contribution in [2.24, 2.45) is 17.6 Å². The molecule has 0 aromatic carbocycles. The first-order chi connectivity index (χ1) is 9.56. The fraction of sp³-hybridized carbons (Fsp3) is 1.00. The molecule has 0 aliphatic rings. The van der Waals surface area contributed by atoms with Crippen LogP contribution in [0.15, 0.2) is 0 Å². The van der Waals surface area contributed by atoms with Crippen LogP contribution in [0.25, 0.3) is 0 Å². The van der Waals surface area contributed by atoms with Gasteiger partial charge in [0.1, 0.15) is 0 Å². The third kappa shape index (κ3) is 14.3. The number of hydrogen-bond acceptors (Lipinski definition) is 2. The third-order valence-electron chi connectivity index (χ3n) is 3.94. The largest absolute Gasteiger partial charge is 0.330 e. The second kappa shape index (κ2) is 13.9. The maximum atomic E-state index is 5.55. The van der Waals surface area contributed by atoms with E-state index in [2.05, 4.69) is 32.6 Å². The first-order valence-corrected chi connectivity index (χ1v) is 8.98. The van der Waals surface area contributed by atoms with Crippen molar-refractivity contribution in [1.82, 2.24) is 4.90 Å². The van der Waals surface area contributed by atoms with Crippen LogP contribution in [0.1, 0.15) is 79.1 Å². The highest BCUT2D eigenvalue weighted by Crippen LogP contribution is 2.10. The van der Waals surface area contributed by atoms with Gasteiger partial charge >= 0.3 is 0 Å². The molecule has 0 bridgehead atoms. The molecule has 0 radical (unpaired) electrons. The van der Waals surface area contributed by atoms with E-state index in [1.54, 1.807) is 0 Å². The molecule has 122 valence electrons. The lowest BCUT2D eigenvalue weighted by molar-refractivity contribution is 0.248. The Morgan fingerprint density at radius 3 is 1.55 bits per heavy atom. The van der Waals surface area contributed by atoms with E-state index >= 15 is 0 Å². The van der Waals surface area contributed by atoms with Crippen LogP contribution in [0.3, 0.4) is 0 Å². The predicted octanol–water partition coefficient (Wildman–Crippen LogP) is 4.68. The molecule has 2 N–H and O–H groups in total. The van der Waals surface area contributed by atoms with Crippen molar-refractivity contribution in [3.63, 3.8) is 0 Å². The minimum absolute atomic E-state index is 0.845. The molecule has 0 aliphatic carbocycles. The van der Waals surface area contributed by atoms with Crippen LogP contribution in [-0.4, -0.2) is 31.1 Å². The van der Waals surface area contributed by atoms with Crippen molar-refractivity contribution in [3.05, 3.63) is 0 Å². The van der Waals surface area contributed by atoms with Gasteiger partial charge in [0, 0.05) is 0 Å². The van der Waals surface area contributed by atoms with Crippen molar-refractivity contribution < 1.29 is 0 Å². The zero-order valence-corrected chi connectivity index (χ0v) is 14.7. The van der Waals surface area contributed by atoms with Crippen molar-refractivity contribution in [2.75, 3.05) is 26.2 Å². The second-order valence-corrected chi connectivity index (χ2v) is 7.12. The Kier molecular flexibility index (Phi) is 13.8. The molecule has 2 heteroatoms. The summed E-state index contributed by atoms with van der Waals surface area (Å²) in [5.74, 6) is 1.69. The second-order valence-electron chi connectivity index (χ2n) is 7.12. The molecular formula is C18H40N2. The molecule has 2 nitrogen and oxygen atoms in total. The Labute approximate surface area is 128 Å². The molecule has 0 aromatic rings. The molecule has 0 atom stereocenters. The summed E-state index contributed by atoms with van der Waals surface area (Å²) in [5, 5.41) is 0. The third-order valence-corrected chi connectivity index (χ3v) is 3.94. The first-order valence-electron chi connectivity index (χ1n) is 8.98. The van der Waals surface area contributed by atoms with Gasteiger partial charge in [0.05, 0.1) is 0 Å². The van der Waals surface area contributed by atoms with Crippen LogP contribution < -0.4 is 5.73 Å².